The average Bonchev–Trinajstić information content (AvgIpc) is 2.34. The molecule has 1 rings (SSSR count). The normalized spacial score (nSPS) is 12.8. The molecule has 9 nitrogen and oxygen atoms in total. The van der Waals surface area contributed by atoms with Gasteiger partial charge in [0, 0.05) is 0 Å². The molecule has 0 amide bonds. The average molecular weight is 386 g/mol. The third-order valence-corrected chi connectivity index (χ3v) is 3.00. The van der Waals surface area contributed by atoms with E-state index in [4.69, 9.17) is 4.74 Å². The van der Waals surface area contributed by atoms with Gasteiger partial charge in [0.15, 0.2) is 0 Å². The molecule has 0 aliphatic heterocycles. The molecule has 0 aliphatic rings. The van der Waals surface area contributed by atoms with Gasteiger partial charge in [0.2, 0.25) is 20.8 Å². The van der Waals surface area contributed by atoms with Crippen LogP contribution in [0.3, 0.4) is 0 Å². The molecule has 1 aromatic rings. The fourth-order valence-corrected chi connectivity index (χ4v) is 2.07. The van der Waals surface area contributed by atoms with Crippen molar-refractivity contribution in [3.05, 3.63) is 35.9 Å². The fraction of sp³-hybridized carbons (Fsp3) is 0.400. The van der Waals surface area contributed by atoms with Crippen LogP contribution in [-0.2, 0) is 40.5 Å². The first-order chi connectivity index (χ1) is 9.66. The molecule has 0 saturated carbocycles. The number of rotatable bonds is 9. The molecular formula is C10H12Na2O9S2. The van der Waals surface area contributed by atoms with Gasteiger partial charge in [-0.05, 0) is 5.56 Å². The van der Waals surface area contributed by atoms with Crippen molar-refractivity contribution in [3.63, 3.8) is 0 Å². The molecule has 0 spiro atoms. The van der Waals surface area contributed by atoms with Crippen LogP contribution in [0.2, 0.25) is 0 Å². The van der Waals surface area contributed by atoms with Gasteiger partial charge in [0.1, 0.15) is 6.10 Å². The van der Waals surface area contributed by atoms with E-state index < -0.39 is 40.1 Å². The molecule has 1 atom stereocenters. The molecule has 0 aromatic heterocycles. The van der Waals surface area contributed by atoms with Crippen molar-refractivity contribution in [2.24, 2.45) is 0 Å². The molecule has 23 heavy (non-hydrogen) atoms. The maximum absolute atomic E-state index is 10.5. The zero-order valence-corrected chi connectivity index (χ0v) is 18.2. The Morgan fingerprint density at radius 3 is 1.96 bits per heavy atom. The molecule has 0 saturated heterocycles. The second-order valence-electron chi connectivity index (χ2n) is 3.82. The van der Waals surface area contributed by atoms with Crippen LogP contribution in [-0.4, -0.2) is 45.3 Å². The largest absolute Gasteiger partial charge is 1.00 e. The molecule has 13 heteroatoms. The minimum absolute atomic E-state index is 0. The first kappa shape index (κ1) is 26.2. The molecular weight excluding hydrogens is 374 g/mol. The van der Waals surface area contributed by atoms with Crippen LogP contribution < -0.4 is 59.1 Å². The van der Waals surface area contributed by atoms with Gasteiger partial charge < -0.3 is 13.8 Å². The smallest absolute Gasteiger partial charge is 0.726 e. The summed E-state index contributed by atoms with van der Waals surface area (Å²) in [5.41, 5.74) is 0.763. The minimum Gasteiger partial charge on any atom is -0.726 e. The van der Waals surface area contributed by atoms with Crippen molar-refractivity contribution < 1.29 is 98.2 Å². The van der Waals surface area contributed by atoms with Crippen molar-refractivity contribution >= 4 is 20.8 Å². The van der Waals surface area contributed by atoms with Crippen LogP contribution in [0, 0.1) is 0 Å². The molecule has 0 radical (unpaired) electrons. The Morgan fingerprint density at radius 2 is 1.48 bits per heavy atom. The first-order valence-electron chi connectivity index (χ1n) is 5.52. The zero-order chi connectivity index (χ0) is 15.9. The summed E-state index contributed by atoms with van der Waals surface area (Å²) < 4.78 is 75.3. The van der Waals surface area contributed by atoms with Gasteiger partial charge in [0.25, 0.3) is 0 Å². The van der Waals surface area contributed by atoms with E-state index >= 15 is 0 Å². The number of ether oxygens (including phenoxy) is 1. The Hall–Kier alpha value is 0.920. The van der Waals surface area contributed by atoms with Gasteiger partial charge in [-0.2, -0.15) is 0 Å². The number of hydrogen-bond donors (Lipinski definition) is 0. The predicted octanol–water partition coefficient (Wildman–Crippen LogP) is -6.47. The predicted molar refractivity (Wildman–Crippen MR) is 66.3 cm³/mol. The summed E-state index contributed by atoms with van der Waals surface area (Å²) in [5, 5.41) is 0. The molecule has 0 bridgehead atoms. The Labute approximate surface area is 179 Å². The molecule has 1 unspecified atom stereocenters. The summed E-state index contributed by atoms with van der Waals surface area (Å²) in [5.74, 6) is 0. The SMILES string of the molecule is O=S(=O)([O-])OCC(COCc1ccccc1)OS(=O)(=O)[O-].[Na+].[Na+]. The second-order valence-corrected chi connectivity index (χ2v) is 5.88. The monoisotopic (exact) mass is 386 g/mol. The Balaban J connectivity index is 0. The van der Waals surface area contributed by atoms with E-state index in [1.54, 1.807) is 30.3 Å². The summed E-state index contributed by atoms with van der Waals surface area (Å²) in [6.07, 6.45) is -1.54. The second kappa shape index (κ2) is 12.3. The summed E-state index contributed by atoms with van der Waals surface area (Å²) in [7, 11) is -10.1. The van der Waals surface area contributed by atoms with E-state index in [0.29, 0.717) is 0 Å². The standard InChI is InChI=1S/C10H14O9S2.2Na/c11-20(12,13)18-8-10(19-21(14,15)16)7-17-6-9-4-2-1-3-5-9;;/h1-5,10H,6-8H2,(H,11,12,13)(H,14,15,16);;/q;2*+1/p-2. The molecule has 1 aromatic carbocycles. The van der Waals surface area contributed by atoms with Crippen LogP contribution in [0.15, 0.2) is 30.3 Å². The van der Waals surface area contributed by atoms with Crippen molar-refractivity contribution in [2.45, 2.75) is 12.7 Å². The van der Waals surface area contributed by atoms with Gasteiger partial charge >= 0.3 is 59.1 Å². The van der Waals surface area contributed by atoms with Crippen LogP contribution >= 0.6 is 0 Å². The van der Waals surface area contributed by atoms with Crippen LogP contribution in [0.1, 0.15) is 5.56 Å². The Morgan fingerprint density at radius 1 is 0.913 bits per heavy atom. The van der Waals surface area contributed by atoms with Crippen molar-refractivity contribution in [2.75, 3.05) is 13.2 Å². The van der Waals surface area contributed by atoms with E-state index in [1.807, 2.05) is 0 Å². The van der Waals surface area contributed by atoms with Gasteiger partial charge in [-0.1, -0.05) is 30.3 Å². The summed E-state index contributed by atoms with van der Waals surface area (Å²) in [6, 6.07) is 8.76. The van der Waals surface area contributed by atoms with Crippen LogP contribution in [0.5, 0.6) is 0 Å². The van der Waals surface area contributed by atoms with Crippen LogP contribution in [0.25, 0.3) is 0 Å². The number of benzene rings is 1. The maximum atomic E-state index is 10.5. The number of hydrogen-bond acceptors (Lipinski definition) is 9. The molecule has 0 aliphatic carbocycles. The summed E-state index contributed by atoms with van der Waals surface area (Å²) in [6.45, 7) is -1.32. The van der Waals surface area contributed by atoms with Crippen molar-refractivity contribution in [1.29, 1.82) is 0 Å². The fourth-order valence-electron chi connectivity index (χ4n) is 1.31. The van der Waals surface area contributed by atoms with E-state index in [1.165, 1.54) is 0 Å². The summed E-state index contributed by atoms with van der Waals surface area (Å²) in [4.78, 5) is 0. The van der Waals surface area contributed by atoms with Gasteiger partial charge in [-0.3, -0.25) is 8.37 Å². The van der Waals surface area contributed by atoms with Gasteiger partial charge in [-0.25, -0.2) is 16.8 Å². The molecule has 120 valence electrons. The van der Waals surface area contributed by atoms with Crippen molar-refractivity contribution in [1.82, 2.24) is 0 Å². The topological polar surface area (TPSA) is 142 Å². The molecule has 0 heterocycles. The van der Waals surface area contributed by atoms with Crippen LogP contribution in [0.4, 0.5) is 0 Å². The third kappa shape index (κ3) is 14.9. The first-order valence-corrected chi connectivity index (χ1v) is 8.18. The molecule has 0 fully saturated rings. The Bertz CT molecular complexity index is 634. The van der Waals surface area contributed by atoms with Gasteiger partial charge in [-0.15, -0.1) is 0 Å². The summed E-state index contributed by atoms with van der Waals surface area (Å²) >= 11 is 0. The van der Waals surface area contributed by atoms with E-state index in [0.717, 1.165) is 5.56 Å². The van der Waals surface area contributed by atoms with E-state index in [2.05, 4.69) is 8.37 Å². The molecule has 0 N–H and O–H groups in total. The van der Waals surface area contributed by atoms with Crippen molar-refractivity contribution in [3.8, 4) is 0 Å². The Kier molecular flexibility index (Phi) is 14.0. The zero-order valence-electron chi connectivity index (χ0n) is 12.6. The minimum atomic E-state index is -5.09. The third-order valence-electron chi connectivity index (χ3n) is 2.07. The van der Waals surface area contributed by atoms with E-state index in [9.17, 15) is 25.9 Å². The quantitative estimate of drug-likeness (QED) is 0.230. The maximum Gasteiger partial charge on any atom is 1.00 e. The van der Waals surface area contributed by atoms with Gasteiger partial charge in [0.05, 0.1) is 19.8 Å². The van der Waals surface area contributed by atoms with E-state index in [-0.39, 0.29) is 65.7 Å².